The third kappa shape index (κ3) is 3.22. The maximum absolute atomic E-state index is 11.7. The van der Waals surface area contributed by atoms with E-state index in [9.17, 15) is 17.7 Å². The van der Waals surface area contributed by atoms with Crippen molar-refractivity contribution in [1.82, 2.24) is 0 Å². The van der Waals surface area contributed by atoms with Crippen LogP contribution in [0.4, 0.5) is 13.2 Å². The van der Waals surface area contributed by atoms with Gasteiger partial charge in [-0.1, -0.05) is 6.92 Å². The Morgan fingerprint density at radius 1 is 1.45 bits per heavy atom. The van der Waals surface area contributed by atoms with Gasteiger partial charge in [-0.2, -0.15) is 13.2 Å². The molecule has 68 valence electrons. The van der Waals surface area contributed by atoms with E-state index in [0.717, 1.165) is 6.92 Å². The Morgan fingerprint density at radius 2 is 1.82 bits per heavy atom. The molecule has 0 aliphatic carbocycles. The number of alkyl halides is 3. The summed E-state index contributed by atoms with van der Waals surface area (Å²) in [4.78, 5) is 16.4. The zero-order valence-corrected chi connectivity index (χ0v) is 6.56. The van der Waals surface area contributed by atoms with Crippen molar-refractivity contribution in [3.05, 3.63) is 0 Å². The second-order valence-electron chi connectivity index (χ2n) is 2.05. The van der Waals surface area contributed by atoms with Crippen LogP contribution in [0.2, 0.25) is 0 Å². The normalized spacial score (nSPS) is 16.5. The van der Waals surface area contributed by atoms with Gasteiger partial charge in [0.2, 0.25) is 0 Å². The maximum atomic E-state index is 11.7. The molecule has 0 aliphatic heterocycles. The largest absolute Gasteiger partial charge is 0.403 e. The van der Waals surface area contributed by atoms with Crippen LogP contribution in [0.5, 0.6) is 0 Å². The summed E-state index contributed by atoms with van der Waals surface area (Å²) in [5.74, 6) is 0. The fraction of sp³-hybridized carbons (Fsp3) is 1.00. The van der Waals surface area contributed by atoms with E-state index in [-0.39, 0.29) is 0 Å². The number of hydrogen-bond acceptors (Lipinski definition) is 1. The fourth-order valence-corrected chi connectivity index (χ4v) is 1.52. The predicted octanol–water partition coefficient (Wildman–Crippen LogP) is 1.50. The van der Waals surface area contributed by atoms with E-state index >= 15 is 0 Å². The molecule has 3 nitrogen and oxygen atoms in total. The van der Waals surface area contributed by atoms with Crippen molar-refractivity contribution < 1.29 is 27.5 Å². The van der Waals surface area contributed by atoms with Crippen LogP contribution in [0.25, 0.3) is 0 Å². The first-order valence-electron chi connectivity index (χ1n) is 2.81. The van der Waals surface area contributed by atoms with Gasteiger partial charge in [0.15, 0.2) is 5.66 Å². The van der Waals surface area contributed by atoms with Crippen molar-refractivity contribution in [2.45, 2.75) is 25.2 Å². The summed E-state index contributed by atoms with van der Waals surface area (Å²) < 4.78 is 45.4. The molecule has 0 amide bonds. The molecular formula is C4H8F3O3P. The van der Waals surface area contributed by atoms with E-state index in [0.29, 0.717) is 0 Å². The summed E-state index contributed by atoms with van der Waals surface area (Å²) in [6.07, 6.45) is -5.42. The van der Waals surface area contributed by atoms with Crippen LogP contribution in [-0.4, -0.2) is 21.6 Å². The number of hydrogen-bond donors (Lipinski definition) is 2. The molecule has 0 fully saturated rings. The van der Waals surface area contributed by atoms with Crippen LogP contribution >= 0.6 is 7.60 Å². The van der Waals surface area contributed by atoms with Gasteiger partial charge in [-0.3, -0.25) is 4.57 Å². The molecule has 0 aliphatic rings. The summed E-state index contributed by atoms with van der Waals surface area (Å²) in [5, 5.41) is 0. The third-order valence-corrected chi connectivity index (χ3v) is 2.64. The van der Waals surface area contributed by atoms with Crippen molar-refractivity contribution in [1.29, 1.82) is 0 Å². The minimum atomic E-state index is -5.02. The van der Waals surface area contributed by atoms with Crippen molar-refractivity contribution in [3.8, 4) is 0 Å². The Morgan fingerprint density at radius 3 is 1.82 bits per heavy atom. The fourth-order valence-electron chi connectivity index (χ4n) is 0.660. The minimum Gasteiger partial charge on any atom is -0.324 e. The first kappa shape index (κ1) is 10.9. The van der Waals surface area contributed by atoms with Crippen molar-refractivity contribution in [2.75, 3.05) is 0 Å². The predicted molar refractivity (Wildman–Crippen MR) is 32.2 cm³/mol. The topological polar surface area (TPSA) is 57.5 Å². The molecule has 1 unspecified atom stereocenters. The SMILES string of the molecule is CCC(C(F)(F)F)P(=O)(O)O. The molecule has 0 bridgehead atoms. The van der Waals surface area contributed by atoms with Gasteiger partial charge in [0.05, 0.1) is 0 Å². The monoisotopic (exact) mass is 192 g/mol. The summed E-state index contributed by atoms with van der Waals surface area (Å²) >= 11 is 0. The highest BCUT2D eigenvalue weighted by Gasteiger charge is 2.49. The summed E-state index contributed by atoms with van der Waals surface area (Å²) in [6, 6.07) is 0. The highest BCUT2D eigenvalue weighted by molar-refractivity contribution is 7.52. The molecule has 1 atom stereocenters. The zero-order chi connectivity index (χ0) is 9.28. The van der Waals surface area contributed by atoms with E-state index in [2.05, 4.69) is 0 Å². The molecule has 0 spiro atoms. The van der Waals surface area contributed by atoms with E-state index in [1.807, 2.05) is 0 Å². The zero-order valence-electron chi connectivity index (χ0n) is 5.67. The van der Waals surface area contributed by atoms with E-state index in [1.54, 1.807) is 0 Å². The molecule has 0 saturated heterocycles. The van der Waals surface area contributed by atoms with Crippen LogP contribution in [-0.2, 0) is 4.57 Å². The summed E-state index contributed by atoms with van der Waals surface area (Å²) in [5.41, 5.74) is -2.52. The Bertz CT molecular complexity index is 172. The van der Waals surface area contributed by atoms with Crippen LogP contribution in [0, 0.1) is 0 Å². The van der Waals surface area contributed by atoms with Gasteiger partial charge in [-0.25, -0.2) is 0 Å². The average molecular weight is 192 g/mol. The third-order valence-electron chi connectivity index (χ3n) is 1.17. The van der Waals surface area contributed by atoms with Crippen LogP contribution < -0.4 is 0 Å². The van der Waals surface area contributed by atoms with E-state index < -0.39 is 25.9 Å². The van der Waals surface area contributed by atoms with Gasteiger partial charge in [-0.15, -0.1) is 0 Å². The molecule has 0 radical (unpaired) electrons. The Hall–Kier alpha value is -0.0600. The number of rotatable bonds is 2. The Kier molecular flexibility index (Phi) is 3.11. The van der Waals surface area contributed by atoms with Gasteiger partial charge in [0, 0.05) is 0 Å². The quantitative estimate of drug-likeness (QED) is 0.652. The Balaban J connectivity index is 4.57. The van der Waals surface area contributed by atoms with Crippen molar-refractivity contribution >= 4 is 7.60 Å². The molecule has 0 aromatic heterocycles. The minimum absolute atomic E-state index is 0.603. The molecule has 0 rings (SSSR count). The molecule has 0 aromatic carbocycles. The van der Waals surface area contributed by atoms with Gasteiger partial charge in [-0.05, 0) is 6.42 Å². The van der Waals surface area contributed by atoms with Crippen LogP contribution in [0.3, 0.4) is 0 Å². The summed E-state index contributed by atoms with van der Waals surface area (Å²) in [7, 11) is -5.02. The standard InChI is InChI=1S/C4H8F3O3P/c1-2-3(4(5,6)7)11(8,9)10/h3H,2H2,1H3,(H2,8,9,10). The first-order valence-corrected chi connectivity index (χ1v) is 4.49. The smallest absolute Gasteiger partial charge is 0.324 e. The molecular weight excluding hydrogens is 184 g/mol. The molecule has 7 heteroatoms. The molecule has 0 aromatic rings. The van der Waals surface area contributed by atoms with Crippen LogP contribution in [0.15, 0.2) is 0 Å². The van der Waals surface area contributed by atoms with Crippen molar-refractivity contribution in [2.24, 2.45) is 0 Å². The van der Waals surface area contributed by atoms with E-state index in [4.69, 9.17) is 9.79 Å². The molecule has 2 N–H and O–H groups in total. The Labute approximate surface area is 61.4 Å². The van der Waals surface area contributed by atoms with Gasteiger partial charge >= 0.3 is 13.8 Å². The van der Waals surface area contributed by atoms with Crippen LogP contribution in [0.1, 0.15) is 13.3 Å². The lowest BCUT2D eigenvalue weighted by molar-refractivity contribution is -0.134. The summed E-state index contributed by atoms with van der Waals surface area (Å²) in [6.45, 7) is 1.08. The number of halogens is 3. The van der Waals surface area contributed by atoms with Gasteiger partial charge < -0.3 is 9.79 Å². The second-order valence-corrected chi connectivity index (χ2v) is 3.86. The van der Waals surface area contributed by atoms with E-state index in [1.165, 1.54) is 0 Å². The highest BCUT2D eigenvalue weighted by Crippen LogP contribution is 2.50. The lowest BCUT2D eigenvalue weighted by Gasteiger charge is -2.18. The second kappa shape index (κ2) is 3.13. The average Bonchev–Trinajstić information content (AvgIpc) is 1.56. The lowest BCUT2D eigenvalue weighted by atomic mass is 10.3. The molecule has 0 saturated carbocycles. The first-order chi connectivity index (χ1) is 4.69. The lowest BCUT2D eigenvalue weighted by Crippen LogP contribution is -2.27. The molecule has 11 heavy (non-hydrogen) atoms. The van der Waals surface area contributed by atoms with Gasteiger partial charge in [0.1, 0.15) is 0 Å². The van der Waals surface area contributed by atoms with Crippen molar-refractivity contribution in [3.63, 3.8) is 0 Å². The highest BCUT2D eigenvalue weighted by atomic mass is 31.2. The molecule has 0 heterocycles. The van der Waals surface area contributed by atoms with Gasteiger partial charge in [0.25, 0.3) is 0 Å². The maximum Gasteiger partial charge on any atom is 0.403 e.